The van der Waals surface area contributed by atoms with Crippen molar-refractivity contribution < 1.29 is 0 Å². The first-order valence-corrected chi connectivity index (χ1v) is 5.40. The summed E-state index contributed by atoms with van der Waals surface area (Å²) in [6.45, 7) is 1.99. The zero-order valence-corrected chi connectivity index (χ0v) is 8.79. The molecule has 2 nitrogen and oxygen atoms in total. The Hall–Kier alpha value is -1.19. The van der Waals surface area contributed by atoms with E-state index in [-0.39, 0.29) is 6.04 Å². The fourth-order valence-corrected chi connectivity index (χ4v) is 1.94. The van der Waals surface area contributed by atoms with Crippen LogP contribution < -0.4 is 5.73 Å². The zero-order valence-electron chi connectivity index (χ0n) is 7.97. The minimum absolute atomic E-state index is 0.102. The lowest BCUT2D eigenvalue weighted by Crippen LogP contribution is -2.04. The molecule has 3 heteroatoms. The van der Waals surface area contributed by atoms with Gasteiger partial charge in [0.1, 0.15) is 0 Å². The third-order valence-electron chi connectivity index (χ3n) is 2.15. The Labute approximate surface area is 87.4 Å². The van der Waals surface area contributed by atoms with Crippen LogP contribution in [0.4, 0.5) is 0 Å². The molecule has 0 aliphatic rings. The van der Waals surface area contributed by atoms with Crippen LogP contribution in [0.2, 0.25) is 0 Å². The molecule has 0 aliphatic heterocycles. The first-order chi connectivity index (χ1) is 6.77. The Kier molecular flexibility index (Phi) is 2.61. The van der Waals surface area contributed by atoms with Crippen LogP contribution in [0.1, 0.15) is 18.5 Å². The molecule has 0 fully saturated rings. The van der Waals surface area contributed by atoms with Crippen molar-refractivity contribution >= 4 is 11.3 Å². The summed E-state index contributed by atoms with van der Waals surface area (Å²) in [5.74, 6) is 0. The van der Waals surface area contributed by atoms with Crippen molar-refractivity contribution in [1.82, 2.24) is 4.98 Å². The van der Waals surface area contributed by atoms with Gasteiger partial charge in [-0.25, -0.2) is 0 Å². The van der Waals surface area contributed by atoms with Gasteiger partial charge in [-0.15, -0.1) is 11.3 Å². The van der Waals surface area contributed by atoms with Gasteiger partial charge >= 0.3 is 0 Å². The van der Waals surface area contributed by atoms with Gasteiger partial charge in [0.05, 0.1) is 10.4 Å². The predicted octanol–water partition coefficient (Wildman–Crippen LogP) is 2.83. The normalized spacial score (nSPS) is 12.7. The Morgan fingerprint density at radius 3 is 2.50 bits per heavy atom. The molecule has 14 heavy (non-hydrogen) atoms. The molecule has 2 rings (SSSR count). The lowest BCUT2D eigenvalue weighted by Gasteiger charge is -2.05. The van der Waals surface area contributed by atoms with Crippen molar-refractivity contribution in [1.29, 1.82) is 0 Å². The third-order valence-corrected chi connectivity index (χ3v) is 2.98. The zero-order chi connectivity index (χ0) is 9.97. The van der Waals surface area contributed by atoms with Gasteiger partial charge in [0.2, 0.25) is 0 Å². The summed E-state index contributed by atoms with van der Waals surface area (Å²) in [4.78, 5) is 5.25. The fourth-order valence-electron chi connectivity index (χ4n) is 1.31. The molecule has 0 radical (unpaired) electrons. The number of nitrogens with zero attached hydrogens (tertiary/aromatic N) is 1. The van der Waals surface area contributed by atoms with Crippen molar-refractivity contribution in [3.63, 3.8) is 0 Å². The molecule has 2 aromatic rings. The average molecular weight is 204 g/mol. The second-order valence-corrected chi connectivity index (χ2v) is 4.16. The molecule has 0 saturated heterocycles. The van der Waals surface area contributed by atoms with E-state index in [1.165, 1.54) is 16.0 Å². The largest absolute Gasteiger partial charge is 0.324 e. The number of nitrogens with two attached hydrogens (primary N) is 1. The first-order valence-electron chi connectivity index (χ1n) is 4.52. The summed E-state index contributed by atoms with van der Waals surface area (Å²) in [6.07, 6.45) is 1.88. The Morgan fingerprint density at radius 2 is 2.00 bits per heavy atom. The maximum atomic E-state index is 5.77. The minimum Gasteiger partial charge on any atom is -0.324 e. The maximum absolute atomic E-state index is 5.77. The van der Waals surface area contributed by atoms with E-state index < -0.39 is 0 Å². The summed E-state index contributed by atoms with van der Waals surface area (Å²) in [5.41, 5.74) is 9.99. The molecule has 72 valence electrons. The molecule has 0 bridgehead atoms. The molecule has 0 aliphatic carbocycles. The second kappa shape index (κ2) is 3.90. The topological polar surface area (TPSA) is 38.9 Å². The summed E-state index contributed by atoms with van der Waals surface area (Å²) >= 11 is 1.65. The summed E-state index contributed by atoms with van der Waals surface area (Å²) in [6, 6.07) is 8.42. The molecule has 1 aromatic carbocycles. The molecule has 0 spiro atoms. The van der Waals surface area contributed by atoms with Crippen LogP contribution >= 0.6 is 11.3 Å². The van der Waals surface area contributed by atoms with Gasteiger partial charge in [-0.2, -0.15) is 0 Å². The van der Waals surface area contributed by atoms with E-state index in [1.54, 1.807) is 11.3 Å². The molecule has 0 amide bonds. The molecule has 2 N–H and O–H groups in total. The van der Waals surface area contributed by atoms with Crippen LogP contribution in [0, 0.1) is 0 Å². The van der Waals surface area contributed by atoms with Crippen LogP contribution in [0.15, 0.2) is 36.0 Å². The number of hydrogen-bond acceptors (Lipinski definition) is 3. The molecule has 1 heterocycles. The third kappa shape index (κ3) is 1.84. The monoisotopic (exact) mass is 204 g/mol. The first kappa shape index (κ1) is 9.37. The van der Waals surface area contributed by atoms with E-state index in [4.69, 9.17) is 5.73 Å². The molecule has 1 unspecified atom stereocenters. The molecule has 0 saturated carbocycles. The molecule has 1 aromatic heterocycles. The number of aromatic nitrogens is 1. The number of rotatable bonds is 2. The van der Waals surface area contributed by atoms with Gasteiger partial charge in [0.15, 0.2) is 0 Å². The number of benzene rings is 1. The SMILES string of the molecule is CC(N)c1ccc(-c2cncs2)cc1. The highest BCUT2D eigenvalue weighted by Gasteiger charge is 2.01. The maximum Gasteiger partial charge on any atom is 0.0797 e. The molecular weight excluding hydrogens is 192 g/mol. The number of thiazole rings is 1. The highest BCUT2D eigenvalue weighted by atomic mass is 32.1. The van der Waals surface area contributed by atoms with E-state index in [0.29, 0.717) is 0 Å². The van der Waals surface area contributed by atoms with Crippen molar-refractivity contribution in [2.24, 2.45) is 5.73 Å². The number of hydrogen-bond donors (Lipinski definition) is 1. The lowest BCUT2D eigenvalue weighted by atomic mass is 10.1. The quantitative estimate of drug-likeness (QED) is 0.817. The fraction of sp³-hybridized carbons (Fsp3) is 0.182. The van der Waals surface area contributed by atoms with E-state index in [1.807, 2.05) is 18.6 Å². The van der Waals surface area contributed by atoms with Crippen LogP contribution in [0.25, 0.3) is 10.4 Å². The van der Waals surface area contributed by atoms with Gasteiger partial charge in [0, 0.05) is 12.2 Å². The van der Waals surface area contributed by atoms with E-state index in [2.05, 4.69) is 29.2 Å². The van der Waals surface area contributed by atoms with Crippen LogP contribution in [0.3, 0.4) is 0 Å². The van der Waals surface area contributed by atoms with E-state index in [9.17, 15) is 0 Å². The molecule has 1 atom stereocenters. The van der Waals surface area contributed by atoms with Crippen LogP contribution in [0.5, 0.6) is 0 Å². The van der Waals surface area contributed by atoms with Crippen molar-refractivity contribution in [3.05, 3.63) is 41.5 Å². The van der Waals surface area contributed by atoms with E-state index in [0.717, 1.165) is 0 Å². The highest BCUT2D eigenvalue weighted by molar-refractivity contribution is 7.13. The predicted molar refractivity (Wildman–Crippen MR) is 60.2 cm³/mol. The van der Waals surface area contributed by atoms with Crippen molar-refractivity contribution in [2.75, 3.05) is 0 Å². The summed E-state index contributed by atoms with van der Waals surface area (Å²) in [7, 11) is 0. The molecular formula is C11H12N2S. The Bertz CT molecular complexity index is 390. The van der Waals surface area contributed by atoms with Crippen LogP contribution in [-0.4, -0.2) is 4.98 Å². The Morgan fingerprint density at radius 1 is 1.29 bits per heavy atom. The van der Waals surface area contributed by atoms with Gasteiger partial charge in [-0.3, -0.25) is 4.98 Å². The van der Waals surface area contributed by atoms with Crippen LogP contribution in [-0.2, 0) is 0 Å². The standard InChI is InChI=1S/C11H12N2S/c1-8(12)9-2-4-10(5-3-9)11-6-13-7-14-11/h2-8H,12H2,1H3. The van der Waals surface area contributed by atoms with Crippen molar-refractivity contribution in [2.45, 2.75) is 13.0 Å². The summed E-state index contributed by atoms with van der Waals surface area (Å²) < 4.78 is 0. The minimum atomic E-state index is 0.102. The van der Waals surface area contributed by atoms with Crippen molar-refractivity contribution in [3.8, 4) is 10.4 Å². The smallest absolute Gasteiger partial charge is 0.0797 e. The highest BCUT2D eigenvalue weighted by Crippen LogP contribution is 2.24. The van der Waals surface area contributed by atoms with E-state index >= 15 is 0 Å². The van der Waals surface area contributed by atoms with Gasteiger partial charge in [0.25, 0.3) is 0 Å². The summed E-state index contributed by atoms with van der Waals surface area (Å²) in [5, 5.41) is 0. The average Bonchev–Trinajstić information content (AvgIpc) is 2.71. The lowest BCUT2D eigenvalue weighted by molar-refractivity contribution is 0.818. The van der Waals surface area contributed by atoms with Gasteiger partial charge in [-0.05, 0) is 18.1 Å². The van der Waals surface area contributed by atoms with Gasteiger partial charge in [-0.1, -0.05) is 24.3 Å². The Balaban J connectivity index is 2.31. The van der Waals surface area contributed by atoms with Gasteiger partial charge < -0.3 is 5.73 Å². The second-order valence-electron chi connectivity index (χ2n) is 3.28.